The van der Waals surface area contributed by atoms with E-state index in [1.807, 2.05) is 0 Å². The second-order valence-corrected chi connectivity index (χ2v) is 14.1. The number of hydrogen-bond acceptors (Lipinski definition) is 1. The van der Waals surface area contributed by atoms with E-state index in [0.717, 1.165) is 35.1 Å². The molecule has 234 valence electrons. The third-order valence-corrected chi connectivity index (χ3v) is 11.8. The van der Waals surface area contributed by atoms with Crippen LogP contribution in [0.1, 0.15) is 29.5 Å². The summed E-state index contributed by atoms with van der Waals surface area (Å²) in [6, 6.07) is 46.8. The predicted octanol–water partition coefficient (Wildman–Crippen LogP) is 10.4. The molecule has 7 heterocycles. The van der Waals surface area contributed by atoms with Gasteiger partial charge in [-0.1, -0.05) is 54.6 Å². The van der Waals surface area contributed by atoms with Gasteiger partial charge < -0.3 is 8.82 Å². The van der Waals surface area contributed by atoms with Crippen molar-refractivity contribution in [3.05, 3.63) is 157 Å². The summed E-state index contributed by atoms with van der Waals surface area (Å²) in [5.41, 5.74) is 14.5. The van der Waals surface area contributed by atoms with Crippen LogP contribution in [-0.2, 0) is 6.42 Å². The first-order chi connectivity index (χ1) is 24.7. The highest BCUT2D eigenvalue weighted by molar-refractivity contribution is 6.33. The molecule has 12 rings (SSSR count). The van der Waals surface area contributed by atoms with Crippen LogP contribution in [0.3, 0.4) is 0 Å². The van der Waals surface area contributed by atoms with Gasteiger partial charge in [-0.05, 0) is 79.1 Å². The average molecular weight is 642 g/mol. The molecule has 10 aromatic rings. The molecule has 4 nitrogen and oxygen atoms in total. The predicted molar refractivity (Wildman–Crippen MR) is 202 cm³/mol. The van der Waals surface area contributed by atoms with Gasteiger partial charge >= 0.3 is 0 Å². The van der Waals surface area contributed by atoms with Gasteiger partial charge in [-0.3, -0.25) is 0 Å². The molecule has 0 spiro atoms. The van der Waals surface area contributed by atoms with Crippen LogP contribution in [0.25, 0.3) is 88.2 Å². The lowest BCUT2D eigenvalue weighted by molar-refractivity contribution is -0.727. The second-order valence-electron chi connectivity index (χ2n) is 14.1. The Bertz CT molecular complexity index is 3090. The number of nitrogens with zero attached hydrogens (tertiary/aromatic N) is 3. The first-order valence-corrected chi connectivity index (χ1v) is 17.6. The van der Waals surface area contributed by atoms with Crippen molar-refractivity contribution < 1.29 is 13.6 Å². The molecule has 0 saturated heterocycles. The third-order valence-electron chi connectivity index (χ3n) is 11.8. The summed E-state index contributed by atoms with van der Waals surface area (Å²) in [5.74, 6) is 0.218. The lowest BCUT2D eigenvalue weighted by atomic mass is 9.78. The Morgan fingerprint density at radius 1 is 0.640 bits per heavy atom. The van der Waals surface area contributed by atoms with E-state index in [2.05, 4.69) is 153 Å². The zero-order valence-electron chi connectivity index (χ0n) is 27.3. The van der Waals surface area contributed by atoms with Gasteiger partial charge in [0.05, 0.1) is 33.4 Å². The number of pyridine rings is 2. The van der Waals surface area contributed by atoms with E-state index in [1.54, 1.807) is 0 Å². The normalized spacial score (nSPS) is 17.1. The largest absolute Gasteiger partial charge is 0.455 e. The number of para-hydroxylation sites is 2. The van der Waals surface area contributed by atoms with Crippen molar-refractivity contribution in [2.75, 3.05) is 0 Å². The Kier molecular flexibility index (Phi) is 5.04. The van der Waals surface area contributed by atoms with Gasteiger partial charge in [0.1, 0.15) is 11.2 Å². The van der Waals surface area contributed by atoms with Crippen molar-refractivity contribution in [2.45, 2.75) is 24.8 Å². The highest BCUT2D eigenvalue weighted by atomic mass is 16.3. The first-order valence-electron chi connectivity index (χ1n) is 17.6. The summed E-state index contributed by atoms with van der Waals surface area (Å²) >= 11 is 0. The van der Waals surface area contributed by atoms with E-state index in [-0.39, 0.29) is 12.0 Å². The number of aryl methyl sites for hydroxylation is 1. The summed E-state index contributed by atoms with van der Waals surface area (Å²) in [5, 5.41) is 7.32. The fraction of sp³-hybridized carbons (Fsp3) is 0.0870. The number of benzene rings is 5. The second kappa shape index (κ2) is 9.46. The van der Waals surface area contributed by atoms with Crippen LogP contribution in [0.5, 0.6) is 0 Å². The monoisotopic (exact) mass is 641 g/mol. The summed E-state index contributed by atoms with van der Waals surface area (Å²) in [6.07, 6.45) is 6.45. The Balaban J connectivity index is 1.21. The lowest BCUT2D eigenvalue weighted by Gasteiger charge is -2.29. The van der Waals surface area contributed by atoms with Crippen LogP contribution in [0.15, 0.2) is 151 Å². The number of fused-ring (bicyclic) bond motifs is 19. The highest BCUT2D eigenvalue weighted by Gasteiger charge is 2.47. The summed E-state index contributed by atoms with van der Waals surface area (Å²) in [6.45, 7) is 4.87. The Hall–Kier alpha value is -6.26. The minimum atomic E-state index is 0.0520. The number of allylic oxidation sites excluding steroid dienone is 1. The van der Waals surface area contributed by atoms with E-state index >= 15 is 0 Å². The van der Waals surface area contributed by atoms with Crippen molar-refractivity contribution in [1.29, 1.82) is 0 Å². The van der Waals surface area contributed by atoms with Crippen molar-refractivity contribution in [3.8, 4) is 22.5 Å². The van der Waals surface area contributed by atoms with Crippen molar-refractivity contribution in [3.63, 3.8) is 0 Å². The quantitative estimate of drug-likeness (QED) is 0.151. The standard InChI is InChI=1S/C46H31N3O/c1-27-44-31(21-20-28-12-2-3-13-29(28)38-16-8-10-22-47(27)38)33-26-41-35(24-34(33)39-17-9-11-23-48(39)44)36-25-37-30-14-5-7-19-42(30)50-46(37)43-32-15-4-6-18-40(32)49(41)45(36)43/h2-19,22-26,31,44H,1,20-21H2/q+2. The Labute approximate surface area is 287 Å². The van der Waals surface area contributed by atoms with E-state index < -0.39 is 0 Å². The smallest absolute Gasteiger partial charge is 0.249 e. The minimum Gasteiger partial charge on any atom is -0.455 e. The van der Waals surface area contributed by atoms with Gasteiger partial charge in [0, 0.05) is 56.8 Å². The van der Waals surface area contributed by atoms with Crippen molar-refractivity contribution >= 4 is 65.7 Å². The van der Waals surface area contributed by atoms with E-state index in [9.17, 15) is 0 Å². The van der Waals surface area contributed by atoms with Crippen LogP contribution in [0.4, 0.5) is 0 Å². The molecule has 2 unspecified atom stereocenters. The molecular weight excluding hydrogens is 611 g/mol. The molecule has 50 heavy (non-hydrogen) atoms. The maximum Gasteiger partial charge on any atom is 0.249 e. The van der Waals surface area contributed by atoms with E-state index in [0.29, 0.717) is 0 Å². The van der Waals surface area contributed by atoms with Crippen molar-refractivity contribution in [1.82, 2.24) is 4.40 Å². The molecule has 2 aliphatic rings. The Morgan fingerprint density at radius 3 is 2.36 bits per heavy atom. The molecule has 2 atom stereocenters. The van der Waals surface area contributed by atoms with Gasteiger partial charge in [0.15, 0.2) is 12.4 Å². The molecule has 5 aromatic heterocycles. The topological polar surface area (TPSA) is 25.3 Å². The SMILES string of the molecule is C=C1C2C(CCc3ccccc3-c3cccc[n+]31)c1cc3c(cc1-c1cccc[n+]12)c1cc2c4ccccc4oc2c2c4ccccc4n3c12. The van der Waals surface area contributed by atoms with E-state index in [4.69, 9.17) is 11.0 Å². The number of rotatable bonds is 0. The minimum absolute atomic E-state index is 0.0520. The van der Waals surface area contributed by atoms with Gasteiger partial charge in [-0.15, -0.1) is 0 Å². The van der Waals surface area contributed by atoms with Crippen LogP contribution < -0.4 is 9.13 Å². The highest BCUT2D eigenvalue weighted by Crippen LogP contribution is 2.50. The Morgan fingerprint density at radius 2 is 1.42 bits per heavy atom. The van der Waals surface area contributed by atoms with E-state index in [1.165, 1.54) is 77.1 Å². The summed E-state index contributed by atoms with van der Waals surface area (Å²) in [4.78, 5) is 0. The van der Waals surface area contributed by atoms with Gasteiger partial charge in [-0.2, -0.15) is 9.13 Å². The van der Waals surface area contributed by atoms with Crippen LogP contribution in [0, 0.1) is 0 Å². The van der Waals surface area contributed by atoms with Crippen molar-refractivity contribution in [2.24, 2.45) is 0 Å². The molecule has 2 aliphatic heterocycles. The molecule has 0 radical (unpaired) electrons. The molecular formula is C46H31N3O+2. The zero-order chi connectivity index (χ0) is 32.7. The van der Waals surface area contributed by atoms with Gasteiger partial charge in [0.2, 0.25) is 23.1 Å². The fourth-order valence-electron chi connectivity index (χ4n) is 9.67. The van der Waals surface area contributed by atoms with Crippen LogP contribution in [-0.4, -0.2) is 4.40 Å². The molecule has 0 bridgehead atoms. The van der Waals surface area contributed by atoms with Gasteiger partial charge in [0.25, 0.3) is 0 Å². The first kappa shape index (κ1) is 26.7. The third kappa shape index (κ3) is 3.26. The fourth-order valence-corrected chi connectivity index (χ4v) is 9.67. The van der Waals surface area contributed by atoms with Crippen LogP contribution >= 0.6 is 0 Å². The molecule has 4 heteroatoms. The maximum absolute atomic E-state index is 6.66. The zero-order valence-corrected chi connectivity index (χ0v) is 27.3. The van der Waals surface area contributed by atoms with Gasteiger partial charge in [-0.25, -0.2) is 0 Å². The maximum atomic E-state index is 6.66. The number of hydrogen-bond donors (Lipinski definition) is 0. The van der Waals surface area contributed by atoms with Crippen LogP contribution in [0.2, 0.25) is 0 Å². The number of furan rings is 1. The molecule has 0 aliphatic carbocycles. The lowest BCUT2D eigenvalue weighted by Crippen LogP contribution is -2.53. The summed E-state index contributed by atoms with van der Waals surface area (Å²) < 4.78 is 14.0. The number of aromatic nitrogens is 3. The molecule has 0 fully saturated rings. The molecule has 0 saturated carbocycles. The summed E-state index contributed by atoms with van der Waals surface area (Å²) in [7, 11) is 0. The molecule has 0 amide bonds. The molecule has 5 aromatic carbocycles. The average Bonchev–Trinajstić information content (AvgIpc) is 3.83. The molecule has 0 N–H and O–H groups in total.